The minimum absolute atomic E-state index is 0.0303. The third-order valence-corrected chi connectivity index (χ3v) is 5.26. The van der Waals surface area contributed by atoms with E-state index in [0.29, 0.717) is 5.56 Å². The number of hydrogen-bond acceptors (Lipinski definition) is 6. The van der Waals surface area contributed by atoms with E-state index in [-0.39, 0.29) is 11.9 Å². The molecule has 25 heavy (non-hydrogen) atoms. The molecule has 4 rings (SSSR count). The first-order valence-corrected chi connectivity index (χ1v) is 9.01. The van der Waals surface area contributed by atoms with Gasteiger partial charge in [0.25, 0.3) is 5.91 Å². The maximum atomic E-state index is 12.5. The number of carbonyl (C=O) groups excluding carboxylic acids is 1. The Balaban J connectivity index is 1.41. The summed E-state index contributed by atoms with van der Waals surface area (Å²) in [6.45, 7) is 1.53. The summed E-state index contributed by atoms with van der Waals surface area (Å²) in [5, 5.41) is 5.13. The molecule has 0 atom stereocenters. The van der Waals surface area contributed by atoms with Crippen LogP contribution in [0.25, 0.3) is 10.2 Å². The molecule has 3 aromatic rings. The molecule has 0 aliphatic carbocycles. The van der Waals surface area contributed by atoms with Crippen LogP contribution in [0, 0.1) is 0 Å². The number of nitrogens with zero attached hydrogens (tertiary/aromatic N) is 4. The van der Waals surface area contributed by atoms with Gasteiger partial charge in [-0.15, -0.1) is 11.3 Å². The summed E-state index contributed by atoms with van der Waals surface area (Å²) >= 11 is 1.65. The number of thiophene rings is 1. The first-order chi connectivity index (χ1) is 12.1. The zero-order chi connectivity index (χ0) is 17.4. The lowest BCUT2D eigenvalue weighted by Crippen LogP contribution is -2.59. The van der Waals surface area contributed by atoms with Crippen LogP contribution in [0.1, 0.15) is 10.4 Å². The van der Waals surface area contributed by atoms with E-state index < -0.39 is 0 Å². The second kappa shape index (κ2) is 6.33. The Bertz CT molecular complexity index is 916. The molecule has 6 nitrogen and oxygen atoms in total. The van der Waals surface area contributed by atoms with Gasteiger partial charge in [0.1, 0.15) is 12.1 Å². The highest BCUT2D eigenvalue weighted by Crippen LogP contribution is 2.30. The fourth-order valence-corrected chi connectivity index (χ4v) is 3.80. The van der Waals surface area contributed by atoms with Gasteiger partial charge in [-0.3, -0.25) is 4.79 Å². The normalized spacial score (nSPS) is 14.4. The summed E-state index contributed by atoms with van der Waals surface area (Å²) in [7, 11) is 3.93. The van der Waals surface area contributed by atoms with Crippen molar-refractivity contribution in [2.24, 2.45) is 0 Å². The number of fused-ring (bicyclic) bond motifs is 1. The molecule has 0 unspecified atom stereocenters. The van der Waals surface area contributed by atoms with Crippen molar-refractivity contribution in [2.75, 3.05) is 37.0 Å². The highest BCUT2D eigenvalue weighted by atomic mass is 32.1. The van der Waals surface area contributed by atoms with E-state index in [9.17, 15) is 4.79 Å². The number of anilines is 2. The molecule has 1 fully saturated rings. The van der Waals surface area contributed by atoms with E-state index in [0.717, 1.165) is 34.8 Å². The Morgan fingerprint density at radius 1 is 1.28 bits per heavy atom. The van der Waals surface area contributed by atoms with E-state index in [4.69, 9.17) is 0 Å². The topological polar surface area (TPSA) is 61.4 Å². The molecule has 128 valence electrons. The van der Waals surface area contributed by atoms with Gasteiger partial charge >= 0.3 is 0 Å². The summed E-state index contributed by atoms with van der Waals surface area (Å²) in [4.78, 5) is 25.3. The molecule has 1 N–H and O–H groups in total. The maximum Gasteiger partial charge on any atom is 0.251 e. The molecule has 3 heterocycles. The SMILES string of the molecule is CN(C)c1cccc(C(=O)NC2CN(c3ncnc4ccsc34)C2)c1. The van der Waals surface area contributed by atoms with Crippen LogP contribution < -0.4 is 15.1 Å². The highest BCUT2D eigenvalue weighted by molar-refractivity contribution is 7.17. The largest absolute Gasteiger partial charge is 0.378 e. The van der Waals surface area contributed by atoms with Gasteiger partial charge in [0.2, 0.25) is 0 Å². The third kappa shape index (κ3) is 3.02. The Morgan fingerprint density at radius 2 is 2.12 bits per heavy atom. The van der Waals surface area contributed by atoms with Crippen molar-refractivity contribution in [1.29, 1.82) is 0 Å². The highest BCUT2D eigenvalue weighted by Gasteiger charge is 2.30. The molecule has 0 bridgehead atoms. The molecule has 2 aromatic heterocycles. The standard InChI is InChI=1S/C18H19N5OS/c1-22(2)14-5-3-4-12(8-14)18(24)21-13-9-23(10-13)17-16-15(6-7-25-16)19-11-20-17/h3-8,11,13H,9-10H2,1-2H3,(H,21,24). The van der Waals surface area contributed by atoms with Gasteiger partial charge in [0.15, 0.2) is 0 Å². The van der Waals surface area contributed by atoms with Crippen molar-refractivity contribution >= 4 is 39.0 Å². The number of rotatable bonds is 4. The minimum Gasteiger partial charge on any atom is -0.378 e. The lowest BCUT2D eigenvalue weighted by molar-refractivity contribution is 0.0930. The third-order valence-electron chi connectivity index (χ3n) is 4.37. The summed E-state index contributed by atoms with van der Waals surface area (Å²) < 4.78 is 1.10. The second-order valence-electron chi connectivity index (χ2n) is 6.35. The summed E-state index contributed by atoms with van der Waals surface area (Å²) in [5.41, 5.74) is 2.68. The second-order valence-corrected chi connectivity index (χ2v) is 7.27. The molecule has 1 aromatic carbocycles. The van der Waals surface area contributed by atoms with Crippen LogP contribution in [-0.4, -0.2) is 49.1 Å². The molecule has 1 amide bonds. The molecule has 1 aliphatic heterocycles. The van der Waals surface area contributed by atoms with Crippen molar-refractivity contribution in [2.45, 2.75) is 6.04 Å². The lowest BCUT2D eigenvalue weighted by atomic mass is 10.1. The molecule has 7 heteroatoms. The zero-order valence-corrected chi connectivity index (χ0v) is 15.0. The average molecular weight is 353 g/mol. The van der Waals surface area contributed by atoms with Gasteiger partial charge in [-0.05, 0) is 29.6 Å². The maximum absolute atomic E-state index is 12.5. The van der Waals surface area contributed by atoms with E-state index in [1.165, 1.54) is 0 Å². The van der Waals surface area contributed by atoms with E-state index in [2.05, 4.69) is 20.2 Å². The van der Waals surface area contributed by atoms with Gasteiger partial charge in [0, 0.05) is 38.4 Å². The number of carbonyl (C=O) groups is 1. The van der Waals surface area contributed by atoms with Gasteiger partial charge in [0.05, 0.1) is 16.3 Å². The van der Waals surface area contributed by atoms with Crippen LogP contribution in [0.5, 0.6) is 0 Å². The molecule has 0 saturated carbocycles. The van der Waals surface area contributed by atoms with Gasteiger partial charge < -0.3 is 15.1 Å². The minimum atomic E-state index is -0.0303. The van der Waals surface area contributed by atoms with Crippen molar-refractivity contribution in [3.63, 3.8) is 0 Å². The predicted octanol–water partition coefficient (Wildman–Crippen LogP) is 2.38. The first-order valence-electron chi connectivity index (χ1n) is 8.13. The molecular formula is C18H19N5OS. The smallest absolute Gasteiger partial charge is 0.251 e. The van der Waals surface area contributed by atoms with Crippen LogP contribution >= 0.6 is 11.3 Å². The van der Waals surface area contributed by atoms with Crippen LogP contribution in [0.2, 0.25) is 0 Å². The monoisotopic (exact) mass is 353 g/mol. The number of benzene rings is 1. The zero-order valence-electron chi connectivity index (χ0n) is 14.1. The fourth-order valence-electron chi connectivity index (χ4n) is 2.94. The van der Waals surface area contributed by atoms with Crippen molar-refractivity contribution in [3.05, 3.63) is 47.6 Å². The van der Waals surface area contributed by atoms with Crippen molar-refractivity contribution in [3.8, 4) is 0 Å². The quantitative estimate of drug-likeness (QED) is 0.780. The van der Waals surface area contributed by atoms with Gasteiger partial charge in [-0.1, -0.05) is 6.07 Å². The molecule has 0 spiro atoms. The summed E-state index contributed by atoms with van der Waals surface area (Å²) in [6, 6.07) is 9.79. The molecule has 1 saturated heterocycles. The summed E-state index contributed by atoms with van der Waals surface area (Å²) in [5.74, 6) is 0.928. The molecular weight excluding hydrogens is 334 g/mol. The Morgan fingerprint density at radius 3 is 2.92 bits per heavy atom. The predicted molar refractivity (Wildman–Crippen MR) is 102 cm³/mol. The van der Waals surface area contributed by atoms with Crippen LogP contribution in [-0.2, 0) is 0 Å². The van der Waals surface area contributed by atoms with Crippen LogP contribution in [0.15, 0.2) is 42.0 Å². The number of aromatic nitrogens is 2. The number of amides is 1. The van der Waals surface area contributed by atoms with Crippen LogP contribution in [0.4, 0.5) is 11.5 Å². The first kappa shape index (κ1) is 15.8. The van der Waals surface area contributed by atoms with E-state index in [1.54, 1.807) is 17.7 Å². The van der Waals surface area contributed by atoms with Crippen LogP contribution in [0.3, 0.4) is 0 Å². The lowest BCUT2D eigenvalue weighted by Gasteiger charge is -2.40. The molecule has 1 aliphatic rings. The number of hydrogen-bond donors (Lipinski definition) is 1. The van der Waals surface area contributed by atoms with E-state index >= 15 is 0 Å². The Labute approximate surface area is 150 Å². The fraction of sp³-hybridized carbons (Fsp3) is 0.278. The van der Waals surface area contributed by atoms with Crippen molar-refractivity contribution in [1.82, 2.24) is 15.3 Å². The average Bonchev–Trinajstić information content (AvgIpc) is 3.06. The van der Waals surface area contributed by atoms with Gasteiger partial charge in [-0.2, -0.15) is 0 Å². The van der Waals surface area contributed by atoms with Gasteiger partial charge in [-0.25, -0.2) is 9.97 Å². The van der Waals surface area contributed by atoms with Crippen molar-refractivity contribution < 1.29 is 4.79 Å². The summed E-state index contributed by atoms with van der Waals surface area (Å²) in [6.07, 6.45) is 1.60. The number of nitrogens with one attached hydrogen (secondary N) is 1. The molecule has 0 radical (unpaired) electrons. The van der Waals surface area contributed by atoms with E-state index in [1.807, 2.05) is 54.7 Å². The Kier molecular flexibility index (Phi) is 4.01. The Hall–Kier alpha value is -2.67.